The van der Waals surface area contributed by atoms with Gasteiger partial charge in [0.2, 0.25) is 15.9 Å². The minimum Gasteiger partial charge on any atom is -0.497 e. The van der Waals surface area contributed by atoms with Crippen molar-refractivity contribution in [2.45, 2.75) is 17.9 Å². The van der Waals surface area contributed by atoms with Crippen LogP contribution in [-0.2, 0) is 14.8 Å². The van der Waals surface area contributed by atoms with Crippen molar-refractivity contribution in [1.82, 2.24) is 9.62 Å². The molecule has 0 aromatic heterocycles. The van der Waals surface area contributed by atoms with Crippen LogP contribution in [-0.4, -0.2) is 39.3 Å². The molecule has 8 heteroatoms. The highest BCUT2D eigenvalue weighted by Crippen LogP contribution is 2.19. The third-order valence-electron chi connectivity index (χ3n) is 3.88. The number of nitrogens with zero attached hydrogens (tertiary/aromatic N) is 1. The van der Waals surface area contributed by atoms with Gasteiger partial charge in [-0.3, -0.25) is 4.79 Å². The number of rotatable bonds is 7. The summed E-state index contributed by atoms with van der Waals surface area (Å²) in [4.78, 5) is 12.3. The van der Waals surface area contributed by atoms with Gasteiger partial charge in [-0.15, -0.1) is 0 Å². The van der Waals surface area contributed by atoms with Crippen molar-refractivity contribution in [3.63, 3.8) is 0 Å². The molecule has 0 saturated carbocycles. The number of hydrogen-bond donors (Lipinski definition) is 1. The fraction of sp³-hybridized carbons (Fsp3) is 0.278. The van der Waals surface area contributed by atoms with Crippen molar-refractivity contribution in [3.05, 3.63) is 59.1 Å². The summed E-state index contributed by atoms with van der Waals surface area (Å²) in [6.45, 7) is 1.54. The van der Waals surface area contributed by atoms with E-state index in [9.17, 15) is 13.2 Å². The van der Waals surface area contributed by atoms with Gasteiger partial charge >= 0.3 is 0 Å². The molecule has 2 rings (SSSR count). The van der Waals surface area contributed by atoms with Crippen molar-refractivity contribution in [1.29, 1.82) is 0 Å². The summed E-state index contributed by atoms with van der Waals surface area (Å²) in [6.07, 6.45) is 0. The van der Waals surface area contributed by atoms with Crippen molar-refractivity contribution < 1.29 is 17.9 Å². The van der Waals surface area contributed by atoms with Gasteiger partial charge in [-0.05, 0) is 48.9 Å². The van der Waals surface area contributed by atoms with E-state index in [1.54, 1.807) is 19.2 Å². The zero-order valence-corrected chi connectivity index (χ0v) is 16.3. The minimum atomic E-state index is -3.76. The molecule has 0 aliphatic heterocycles. The number of carbonyl (C=O) groups is 1. The fourth-order valence-corrected chi connectivity index (χ4v) is 3.59. The third kappa shape index (κ3) is 4.97. The summed E-state index contributed by atoms with van der Waals surface area (Å²) < 4.78 is 31.1. The standard InChI is InChI=1S/C18H21ClN2O4S/c1-13(14-4-8-16(25-3)9-5-14)20-18(22)12-21(2)26(23,24)17-10-6-15(19)7-11-17/h4-11,13H,12H2,1-3H3,(H,20,22). The van der Waals surface area contributed by atoms with Gasteiger partial charge in [-0.2, -0.15) is 4.31 Å². The van der Waals surface area contributed by atoms with Crippen LogP contribution in [0.4, 0.5) is 0 Å². The van der Waals surface area contributed by atoms with Crippen LogP contribution in [0.5, 0.6) is 5.75 Å². The largest absolute Gasteiger partial charge is 0.497 e. The molecule has 1 N–H and O–H groups in total. The summed E-state index contributed by atoms with van der Waals surface area (Å²) in [5, 5.41) is 3.23. The number of nitrogens with one attached hydrogen (secondary N) is 1. The summed E-state index contributed by atoms with van der Waals surface area (Å²) >= 11 is 5.78. The van der Waals surface area contributed by atoms with Gasteiger partial charge in [-0.25, -0.2) is 8.42 Å². The van der Waals surface area contributed by atoms with Gasteiger partial charge in [-0.1, -0.05) is 23.7 Å². The molecule has 0 aliphatic carbocycles. The van der Waals surface area contributed by atoms with Crippen LogP contribution < -0.4 is 10.1 Å². The monoisotopic (exact) mass is 396 g/mol. The van der Waals surface area contributed by atoms with Crippen molar-refractivity contribution in [2.24, 2.45) is 0 Å². The number of carbonyl (C=O) groups excluding carboxylic acids is 1. The molecule has 0 fully saturated rings. The Kier molecular flexibility index (Phi) is 6.63. The molecule has 0 aliphatic rings. The van der Waals surface area contributed by atoms with Gasteiger partial charge in [0.15, 0.2) is 0 Å². The van der Waals surface area contributed by atoms with Crippen LogP contribution in [0, 0.1) is 0 Å². The first-order valence-electron chi connectivity index (χ1n) is 7.89. The van der Waals surface area contributed by atoms with E-state index in [0.717, 1.165) is 15.6 Å². The molecule has 0 heterocycles. The first-order chi connectivity index (χ1) is 12.2. The Morgan fingerprint density at radius 2 is 1.73 bits per heavy atom. The first kappa shape index (κ1) is 20.2. The van der Waals surface area contributed by atoms with Crippen LogP contribution in [0.15, 0.2) is 53.4 Å². The molecule has 1 atom stereocenters. The molecular formula is C18H21ClN2O4S. The number of ether oxygens (including phenoxy) is 1. The van der Waals surface area contributed by atoms with Crippen LogP contribution in [0.1, 0.15) is 18.5 Å². The van der Waals surface area contributed by atoms with Crippen LogP contribution >= 0.6 is 11.6 Å². The summed E-state index contributed by atoms with van der Waals surface area (Å²) in [6, 6.07) is 12.8. The second kappa shape index (κ2) is 8.53. The topological polar surface area (TPSA) is 75.7 Å². The van der Waals surface area contributed by atoms with E-state index in [2.05, 4.69) is 5.32 Å². The minimum absolute atomic E-state index is 0.0837. The molecule has 0 radical (unpaired) electrons. The summed E-state index contributed by atoms with van der Waals surface area (Å²) in [5.74, 6) is 0.328. The Balaban J connectivity index is 2.00. The molecule has 0 spiro atoms. The molecule has 2 aromatic carbocycles. The predicted molar refractivity (Wildman–Crippen MR) is 101 cm³/mol. The van der Waals surface area contributed by atoms with Gasteiger partial charge in [0.25, 0.3) is 0 Å². The molecular weight excluding hydrogens is 376 g/mol. The van der Waals surface area contributed by atoms with E-state index >= 15 is 0 Å². The molecule has 1 amide bonds. The maximum Gasteiger partial charge on any atom is 0.243 e. The van der Waals surface area contributed by atoms with Crippen molar-refractivity contribution in [3.8, 4) is 5.75 Å². The summed E-state index contributed by atoms with van der Waals surface area (Å²) in [5.41, 5.74) is 0.891. The van der Waals surface area contributed by atoms with Gasteiger partial charge < -0.3 is 10.1 Å². The van der Waals surface area contributed by atoms with E-state index < -0.39 is 15.9 Å². The highest BCUT2D eigenvalue weighted by Gasteiger charge is 2.23. The maximum atomic E-state index is 12.5. The van der Waals surface area contributed by atoms with Gasteiger partial charge in [0.1, 0.15) is 5.75 Å². The Morgan fingerprint density at radius 3 is 2.27 bits per heavy atom. The molecule has 26 heavy (non-hydrogen) atoms. The van der Waals surface area contributed by atoms with Crippen molar-refractivity contribution in [2.75, 3.05) is 20.7 Å². The second-order valence-electron chi connectivity index (χ2n) is 5.78. The first-order valence-corrected chi connectivity index (χ1v) is 9.71. The zero-order valence-electron chi connectivity index (χ0n) is 14.8. The third-order valence-corrected chi connectivity index (χ3v) is 5.95. The number of amides is 1. The van der Waals surface area contributed by atoms with E-state index in [4.69, 9.17) is 16.3 Å². The number of halogens is 1. The van der Waals surface area contributed by atoms with Gasteiger partial charge in [0.05, 0.1) is 24.6 Å². The molecule has 2 aromatic rings. The average molecular weight is 397 g/mol. The number of benzene rings is 2. The number of sulfonamides is 1. The van der Waals surface area contributed by atoms with E-state index in [1.807, 2.05) is 19.1 Å². The zero-order chi connectivity index (χ0) is 19.3. The Bertz CT molecular complexity index is 852. The lowest BCUT2D eigenvalue weighted by molar-refractivity contribution is -0.121. The average Bonchev–Trinajstić information content (AvgIpc) is 2.61. The highest BCUT2D eigenvalue weighted by molar-refractivity contribution is 7.89. The lowest BCUT2D eigenvalue weighted by Crippen LogP contribution is -2.39. The normalized spacial score (nSPS) is 12.7. The molecule has 140 valence electrons. The molecule has 1 unspecified atom stereocenters. The predicted octanol–water partition coefficient (Wildman–Crippen LogP) is 2.85. The maximum absolute atomic E-state index is 12.5. The second-order valence-corrected chi connectivity index (χ2v) is 8.26. The van der Waals surface area contributed by atoms with Crippen LogP contribution in [0.25, 0.3) is 0 Å². The highest BCUT2D eigenvalue weighted by atomic mass is 35.5. The molecule has 0 saturated heterocycles. The molecule has 6 nitrogen and oxygen atoms in total. The van der Waals surface area contributed by atoms with E-state index in [-0.39, 0.29) is 17.5 Å². The Hall–Kier alpha value is -2.09. The molecule has 0 bridgehead atoms. The van der Waals surface area contributed by atoms with Crippen LogP contribution in [0.2, 0.25) is 5.02 Å². The van der Waals surface area contributed by atoms with Crippen molar-refractivity contribution >= 4 is 27.5 Å². The SMILES string of the molecule is COc1ccc(C(C)NC(=O)CN(C)S(=O)(=O)c2ccc(Cl)cc2)cc1. The lowest BCUT2D eigenvalue weighted by atomic mass is 10.1. The van der Waals surface area contributed by atoms with Crippen LogP contribution in [0.3, 0.4) is 0 Å². The number of likely N-dealkylation sites (N-methyl/N-ethyl adjacent to an activating group) is 1. The Morgan fingerprint density at radius 1 is 1.15 bits per heavy atom. The summed E-state index contributed by atoms with van der Waals surface area (Å²) in [7, 11) is -0.820. The fourth-order valence-electron chi connectivity index (χ4n) is 2.34. The van der Waals surface area contributed by atoms with E-state index in [0.29, 0.717) is 5.02 Å². The quantitative estimate of drug-likeness (QED) is 0.780. The number of hydrogen-bond acceptors (Lipinski definition) is 4. The number of methoxy groups -OCH3 is 1. The van der Waals surface area contributed by atoms with E-state index in [1.165, 1.54) is 31.3 Å². The van der Waals surface area contributed by atoms with Gasteiger partial charge in [0, 0.05) is 12.1 Å². The lowest BCUT2D eigenvalue weighted by Gasteiger charge is -2.19. The Labute approximate surface area is 158 Å². The smallest absolute Gasteiger partial charge is 0.243 e.